The third-order valence-corrected chi connectivity index (χ3v) is 5.00. The van der Waals surface area contributed by atoms with Crippen molar-refractivity contribution in [1.29, 1.82) is 0 Å². The standard InChI is InChI=1S/C20H28N3O2/c1-15-12-19(16(2)23(15)13-18-6-5-11-25-18)20(24)14-22-9-7-17(8-10-22)21(3)4/h7-10,12,18H,5-6,11,13-14H2,1-4H3/q+1/t18-/m1/s1. The topological polar surface area (TPSA) is 38.3 Å². The molecule has 0 bridgehead atoms. The minimum absolute atomic E-state index is 0.147. The molecule has 3 heterocycles. The summed E-state index contributed by atoms with van der Waals surface area (Å²) in [4.78, 5) is 14.8. The summed E-state index contributed by atoms with van der Waals surface area (Å²) in [5, 5.41) is 0. The smallest absolute Gasteiger partial charge is 0.229 e. The molecule has 0 radical (unpaired) electrons. The fourth-order valence-corrected chi connectivity index (χ4v) is 3.46. The highest BCUT2D eigenvalue weighted by Crippen LogP contribution is 2.20. The fraction of sp³-hybridized carbons (Fsp3) is 0.500. The van der Waals surface area contributed by atoms with Crippen LogP contribution >= 0.6 is 0 Å². The molecule has 2 aromatic heterocycles. The molecule has 1 saturated heterocycles. The first-order valence-corrected chi connectivity index (χ1v) is 8.93. The Morgan fingerprint density at radius 2 is 2.04 bits per heavy atom. The van der Waals surface area contributed by atoms with Crippen LogP contribution in [0.4, 0.5) is 5.69 Å². The number of aromatic nitrogens is 2. The zero-order valence-corrected chi connectivity index (χ0v) is 15.7. The number of Topliss-reactive ketones (excluding diaryl/α,β-unsaturated/α-hetero) is 1. The molecule has 25 heavy (non-hydrogen) atoms. The molecule has 0 spiro atoms. The number of nitrogens with zero attached hydrogens (tertiary/aromatic N) is 3. The Morgan fingerprint density at radius 3 is 2.64 bits per heavy atom. The Hall–Kier alpha value is -2.14. The number of pyridine rings is 1. The summed E-state index contributed by atoms with van der Waals surface area (Å²) in [6.07, 6.45) is 6.43. The van der Waals surface area contributed by atoms with Crippen molar-refractivity contribution in [3.8, 4) is 0 Å². The number of rotatable bonds is 6. The molecule has 1 aliphatic rings. The van der Waals surface area contributed by atoms with E-state index in [-0.39, 0.29) is 11.9 Å². The predicted octanol–water partition coefficient (Wildman–Crippen LogP) is 2.52. The molecule has 0 amide bonds. The summed E-state index contributed by atoms with van der Waals surface area (Å²) < 4.78 is 9.91. The molecular weight excluding hydrogens is 314 g/mol. The zero-order valence-electron chi connectivity index (χ0n) is 15.7. The number of anilines is 1. The molecule has 0 N–H and O–H groups in total. The molecule has 134 valence electrons. The van der Waals surface area contributed by atoms with E-state index in [0.29, 0.717) is 6.54 Å². The molecule has 2 aromatic rings. The first-order chi connectivity index (χ1) is 12.0. The average Bonchev–Trinajstić information content (AvgIpc) is 3.19. The van der Waals surface area contributed by atoms with Crippen molar-refractivity contribution in [3.63, 3.8) is 0 Å². The molecule has 0 unspecified atom stereocenters. The minimum atomic E-state index is 0.147. The van der Waals surface area contributed by atoms with Crippen LogP contribution in [0.5, 0.6) is 0 Å². The second kappa shape index (κ2) is 7.40. The maximum Gasteiger partial charge on any atom is 0.229 e. The summed E-state index contributed by atoms with van der Waals surface area (Å²) in [6.45, 7) is 6.16. The molecule has 0 aromatic carbocycles. The first-order valence-electron chi connectivity index (χ1n) is 8.93. The summed E-state index contributed by atoms with van der Waals surface area (Å²) in [7, 11) is 4.02. The van der Waals surface area contributed by atoms with Crippen LogP contribution in [0.2, 0.25) is 0 Å². The van der Waals surface area contributed by atoms with Crippen LogP contribution in [0.15, 0.2) is 30.6 Å². The van der Waals surface area contributed by atoms with E-state index in [1.54, 1.807) is 0 Å². The first kappa shape index (κ1) is 17.7. The van der Waals surface area contributed by atoms with E-state index in [4.69, 9.17) is 4.74 Å². The minimum Gasteiger partial charge on any atom is -0.377 e. The van der Waals surface area contributed by atoms with Crippen LogP contribution < -0.4 is 9.47 Å². The number of hydrogen-bond acceptors (Lipinski definition) is 3. The van der Waals surface area contributed by atoms with Gasteiger partial charge in [-0.1, -0.05) is 0 Å². The van der Waals surface area contributed by atoms with Gasteiger partial charge in [0.15, 0.2) is 12.4 Å². The van der Waals surface area contributed by atoms with Crippen molar-refractivity contribution >= 4 is 11.5 Å². The van der Waals surface area contributed by atoms with Gasteiger partial charge < -0.3 is 14.2 Å². The number of hydrogen-bond donors (Lipinski definition) is 0. The molecule has 1 atom stereocenters. The van der Waals surface area contributed by atoms with E-state index in [0.717, 1.165) is 48.6 Å². The number of ether oxygens (including phenoxy) is 1. The normalized spacial score (nSPS) is 17.0. The van der Waals surface area contributed by atoms with E-state index in [1.165, 1.54) is 0 Å². The third-order valence-electron chi connectivity index (χ3n) is 5.00. The number of carbonyl (C=O) groups is 1. The fourth-order valence-electron chi connectivity index (χ4n) is 3.46. The van der Waals surface area contributed by atoms with Crippen LogP contribution in [0.25, 0.3) is 0 Å². The van der Waals surface area contributed by atoms with Crippen molar-refractivity contribution in [3.05, 3.63) is 47.5 Å². The molecule has 5 nitrogen and oxygen atoms in total. The Bertz CT molecular complexity index is 741. The SMILES string of the molecule is Cc1cc(C(=O)C[n+]2ccc(N(C)C)cc2)c(C)n1C[C@H]1CCCO1. The van der Waals surface area contributed by atoms with Crippen molar-refractivity contribution in [2.75, 3.05) is 25.6 Å². The molecular formula is C20H28N3O2+. The highest BCUT2D eigenvalue weighted by molar-refractivity contribution is 5.96. The average molecular weight is 342 g/mol. The lowest BCUT2D eigenvalue weighted by molar-refractivity contribution is -0.683. The van der Waals surface area contributed by atoms with Gasteiger partial charge in [0.05, 0.1) is 6.10 Å². The quantitative estimate of drug-likeness (QED) is 0.598. The van der Waals surface area contributed by atoms with Gasteiger partial charge in [0.25, 0.3) is 0 Å². The monoisotopic (exact) mass is 342 g/mol. The second-order valence-electron chi connectivity index (χ2n) is 7.08. The van der Waals surface area contributed by atoms with E-state index in [2.05, 4.69) is 11.5 Å². The Morgan fingerprint density at radius 1 is 1.32 bits per heavy atom. The number of ketones is 1. The van der Waals surface area contributed by atoms with Crippen molar-refractivity contribution in [2.24, 2.45) is 0 Å². The van der Waals surface area contributed by atoms with Gasteiger partial charge >= 0.3 is 0 Å². The Balaban J connectivity index is 1.73. The van der Waals surface area contributed by atoms with Crippen LogP contribution in [-0.2, 0) is 17.8 Å². The van der Waals surface area contributed by atoms with Gasteiger partial charge in [0.2, 0.25) is 12.3 Å². The van der Waals surface area contributed by atoms with Gasteiger partial charge in [-0.2, -0.15) is 4.57 Å². The number of carbonyl (C=O) groups excluding carboxylic acids is 1. The maximum absolute atomic E-state index is 12.8. The summed E-state index contributed by atoms with van der Waals surface area (Å²) in [5.74, 6) is 0.147. The lowest BCUT2D eigenvalue weighted by atomic mass is 10.1. The third kappa shape index (κ3) is 3.93. The van der Waals surface area contributed by atoms with Crippen molar-refractivity contribution in [1.82, 2.24) is 4.57 Å². The van der Waals surface area contributed by atoms with Crippen molar-refractivity contribution < 1.29 is 14.1 Å². The largest absolute Gasteiger partial charge is 0.377 e. The van der Waals surface area contributed by atoms with Crippen LogP contribution in [0, 0.1) is 13.8 Å². The van der Waals surface area contributed by atoms with Gasteiger partial charge in [-0.25, -0.2) is 0 Å². The zero-order chi connectivity index (χ0) is 18.0. The van der Waals surface area contributed by atoms with Gasteiger partial charge in [0.1, 0.15) is 0 Å². The van der Waals surface area contributed by atoms with E-state index in [9.17, 15) is 4.79 Å². The number of aryl methyl sites for hydroxylation is 1. The molecule has 1 aliphatic heterocycles. The van der Waals surface area contributed by atoms with Crippen LogP contribution in [-0.4, -0.2) is 37.2 Å². The van der Waals surface area contributed by atoms with E-state index in [1.807, 2.05) is 61.1 Å². The molecule has 5 heteroatoms. The summed E-state index contributed by atoms with van der Waals surface area (Å²) in [5.41, 5.74) is 4.12. The van der Waals surface area contributed by atoms with E-state index >= 15 is 0 Å². The molecule has 1 fully saturated rings. The highest BCUT2D eigenvalue weighted by Gasteiger charge is 2.22. The molecule has 3 rings (SSSR count). The summed E-state index contributed by atoms with van der Waals surface area (Å²) in [6, 6.07) is 6.06. The summed E-state index contributed by atoms with van der Waals surface area (Å²) >= 11 is 0. The lowest BCUT2D eigenvalue weighted by Crippen LogP contribution is -2.37. The van der Waals surface area contributed by atoms with Gasteiger partial charge in [-0.15, -0.1) is 0 Å². The molecule has 0 saturated carbocycles. The second-order valence-corrected chi connectivity index (χ2v) is 7.08. The van der Waals surface area contributed by atoms with Gasteiger partial charge in [0, 0.05) is 62.0 Å². The van der Waals surface area contributed by atoms with Gasteiger partial charge in [-0.05, 0) is 32.8 Å². The van der Waals surface area contributed by atoms with Crippen LogP contribution in [0.1, 0.15) is 34.6 Å². The highest BCUT2D eigenvalue weighted by atomic mass is 16.5. The Labute approximate surface area is 149 Å². The van der Waals surface area contributed by atoms with E-state index < -0.39 is 0 Å². The lowest BCUT2D eigenvalue weighted by Gasteiger charge is -2.14. The van der Waals surface area contributed by atoms with Gasteiger partial charge in [-0.3, -0.25) is 4.79 Å². The molecule has 0 aliphatic carbocycles. The maximum atomic E-state index is 12.8. The van der Waals surface area contributed by atoms with Crippen molar-refractivity contribution in [2.45, 2.75) is 45.9 Å². The predicted molar refractivity (Wildman–Crippen MR) is 98.2 cm³/mol. The Kier molecular flexibility index (Phi) is 5.23. The van der Waals surface area contributed by atoms with Crippen LogP contribution in [0.3, 0.4) is 0 Å².